The molecule has 0 saturated heterocycles. The van der Waals surface area contributed by atoms with E-state index in [1.54, 1.807) is 0 Å². The van der Waals surface area contributed by atoms with Crippen LogP contribution in [0.25, 0.3) is 0 Å². The minimum atomic E-state index is 0.691. The minimum Gasteiger partial charge on any atom is -0.370 e. The summed E-state index contributed by atoms with van der Waals surface area (Å²) in [6.45, 7) is 3.31. The molecule has 116 valence electrons. The molecule has 0 spiro atoms. The predicted molar refractivity (Wildman–Crippen MR) is 88.5 cm³/mol. The fourth-order valence-electron chi connectivity index (χ4n) is 3.56. The van der Waals surface area contributed by atoms with Crippen molar-refractivity contribution in [3.05, 3.63) is 24.0 Å². The summed E-state index contributed by atoms with van der Waals surface area (Å²) >= 11 is 0. The Labute approximate surface area is 129 Å². The van der Waals surface area contributed by atoms with Crippen LogP contribution < -0.4 is 10.2 Å². The molecule has 0 unspecified atom stereocenters. The van der Waals surface area contributed by atoms with Gasteiger partial charge in [0.05, 0.1) is 11.9 Å². The molecule has 2 aliphatic carbocycles. The molecule has 21 heavy (non-hydrogen) atoms. The molecule has 0 radical (unpaired) electrons. The Balaban J connectivity index is 1.64. The van der Waals surface area contributed by atoms with E-state index in [0.717, 1.165) is 18.5 Å². The smallest absolute Gasteiger partial charge is 0.0598 e. The van der Waals surface area contributed by atoms with Crippen LogP contribution in [0, 0.1) is 5.92 Å². The first-order valence-corrected chi connectivity index (χ1v) is 8.67. The van der Waals surface area contributed by atoms with Gasteiger partial charge in [0.2, 0.25) is 0 Å². The Hall–Kier alpha value is -1.09. The van der Waals surface area contributed by atoms with Gasteiger partial charge in [-0.05, 0) is 56.1 Å². The third-order valence-electron chi connectivity index (χ3n) is 5.37. The summed E-state index contributed by atoms with van der Waals surface area (Å²) in [7, 11) is 2.26. The van der Waals surface area contributed by atoms with Crippen molar-refractivity contribution >= 4 is 5.69 Å². The van der Waals surface area contributed by atoms with Gasteiger partial charge < -0.3 is 10.2 Å². The zero-order valence-electron chi connectivity index (χ0n) is 13.5. The summed E-state index contributed by atoms with van der Waals surface area (Å²) in [5.74, 6) is 0.958. The van der Waals surface area contributed by atoms with E-state index in [-0.39, 0.29) is 0 Å². The normalized spacial score (nSPS) is 25.8. The maximum Gasteiger partial charge on any atom is 0.0598 e. The third-order valence-corrected chi connectivity index (χ3v) is 5.37. The summed E-state index contributed by atoms with van der Waals surface area (Å²) in [5.41, 5.74) is 2.72. The van der Waals surface area contributed by atoms with Gasteiger partial charge >= 0.3 is 0 Å². The summed E-state index contributed by atoms with van der Waals surface area (Å²) < 4.78 is 0. The largest absolute Gasteiger partial charge is 0.370 e. The van der Waals surface area contributed by atoms with Crippen LogP contribution in [0.3, 0.4) is 0 Å². The standard InChI is InChI=1S/C18H29N3/c1-3-14-4-8-17(9-5-14)21(2)18-13-19-11-10-15(18)12-20-16-6-7-16/h10-11,13-14,16-17,20H,3-9,12H2,1-2H3. The topological polar surface area (TPSA) is 28.2 Å². The lowest BCUT2D eigenvalue weighted by Crippen LogP contribution is -2.36. The molecule has 1 aromatic rings. The molecule has 3 rings (SSSR count). The number of aromatic nitrogens is 1. The number of hydrogen-bond donors (Lipinski definition) is 1. The summed E-state index contributed by atoms with van der Waals surface area (Å²) in [4.78, 5) is 6.85. The van der Waals surface area contributed by atoms with Gasteiger partial charge in [0, 0.05) is 31.9 Å². The monoisotopic (exact) mass is 287 g/mol. The van der Waals surface area contributed by atoms with Crippen molar-refractivity contribution in [2.45, 2.75) is 70.5 Å². The molecular weight excluding hydrogens is 258 g/mol. The molecule has 2 aliphatic rings. The number of rotatable bonds is 6. The lowest BCUT2D eigenvalue weighted by molar-refractivity contribution is 0.313. The van der Waals surface area contributed by atoms with E-state index in [9.17, 15) is 0 Å². The molecule has 1 aromatic heterocycles. The van der Waals surface area contributed by atoms with E-state index >= 15 is 0 Å². The molecule has 3 nitrogen and oxygen atoms in total. The zero-order chi connectivity index (χ0) is 14.7. The summed E-state index contributed by atoms with van der Waals surface area (Å²) in [6, 6.07) is 3.63. The lowest BCUT2D eigenvalue weighted by Gasteiger charge is -2.36. The lowest BCUT2D eigenvalue weighted by atomic mass is 9.84. The Kier molecular flexibility index (Phi) is 4.79. The third kappa shape index (κ3) is 3.76. The van der Waals surface area contributed by atoms with Crippen molar-refractivity contribution < 1.29 is 0 Å². The molecule has 0 bridgehead atoms. The van der Waals surface area contributed by atoms with Crippen LogP contribution in [0.5, 0.6) is 0 Å². The van der Waals surface area contributed by atoms with Crippen LogP contribution >= 0.6 is 0 Å². The van der Waals surface area contributed by atoms with E-state index in [1.807, 2.05) is 6.20 Å². The predicted octanol–water partition coefficient (Wildman–Crippen LogP) is 3.74. The second kappa shape index (κ2) is 6.78. The van der Waals surface area contributed by atoms with Crippen molar-refractivity contribution in [3.63, 3.8) is 0 Å². The summed E-state index contributed by atoms with van der Waals surface area (Å²) in [6.07, 6.45) is 13.5. The van der Waals surface area contributed by atoms with Crippen molar-refractivity contribution in [1.29, 1.82) is 0 Å². The molecule has 1 N–H and O–H groups in total. The SMILES string of the molecule is CCC1CCC(N(C)c2cnccc2CNC2CC2)CC1. The second-order valence-corrected chi connectivity index (χ2v) is 6.85. The maximum absolute atomic E-state index is 4.37. The molecule has 0 aliphatic heterocycles. The first-order valence-electron chi connectivity index (χ1n) is 8.67. The Morgan fingerprint density at radius 2 is 1.95 bits per heavy atom. The van der Waals surface area contributed by atoms with Crippen molar-refractivity contribution in [2.24, 2.45) is 5.92 Å². The van der Waals surface area contributed by atoms with Crippen LogP contribution in [-0.2, 0) is 6.54 Å². The maximum atomic E-state index is 4.37. The fourth-order valence-corrected chi connectivity index (χ4v) is 3.56. The van der Waals surface area contributed by atoms with Gasteiger partial charge in [0.15, 0.2) is 0 Å². The molecule has 0 atom stereocenters. The first-order chi connectivity index (χ1) is 10.3. The van der Waals surface area contributed by atoms with E-state index in [2.05, 4.69) is 41.4 Å². The summed E-state index contributed by atoms with van der Waals surface area (Å²) in [5, 5.41) is 3.63. The molecule has 1 heterocycles. The van der Waals surface area contributed by atoms with Gasteiger partial charge in [0.1, 0.15) is 0 Å². The van der Waals surface area contributed by atoms with Crippen molar-refractivity contribution in [3.8, 4) is 0 Å². The van der Waals surface area contributed by atoms with Crippen LogP contribution in [0.1, 0.15) is 57.4 Å². The van der Waals surface area contributed by atoms with Gasteiger partial charge in [-0.15, -0.1) is 0 Å². The first kappa shape index (κ1) is 14.8. The fraction of sp³-hybridized carbons (Fsp3) is 0.722. The Morgan fingerprint density at radius 1 is 1.19 bits per heavy atom. The van der Waals surface area contributed by atoms with Crippen LogP contribution in [-0.4, -0.2) is 24.1 Å². The molecule has 2 saturated carbocycles. The number of hydrogen-bond acceptors (Lipinski definition) is 3. The van der Waals surface area contributed by atoms with E-state index in [0.29, 0.717) is 6.04 Å². The number of pyridine rings is 1. The van der Waals surface area contributed by atoms with E-state index in [1.165, 1.54) is 56.2 Å². The van der Waals surface area contributed by atoms with Gasteiger partial charge in [-0.1, -0.05) is 13.3 Å². The van der Waals surface area contributed by atoms with Gasteiger partial charge in [-0.2, -0.15) is 0 Å². The van der Waals surface area contributed by atoms with E-state index in [4.69, 9.17) is 0 Å². The molecule has 0 amide bonds. The molecule has 2 fully saturated rings. The van der Waals surface area contributed by atoms with E-state index < -0.39 is 0 Å². The average molecular weight is 287 g/mol. The van der Waals surface area contributed by atoms with Crippen LogP contribution in [0.2, 0.25) is 0 Å². The van der Waals surface area contributed by atoms with Crippen molar-refractivity contribution in [1.82, 2.24) is 10.3 Å². The minimum absolute atomic E-state index is 0.691. The van der Waals surface area contributed by atoms with Gasteiger partial charge in [-0.25, -0.2) is 0 Å². The Morgan fingerprint density at radius 3 is 2.62 bits per heavy atom. The Bertz CT molecular complexity index is 448. The highest BCUT2D eigenvalue weighted by atomic mass is 15.1. The molecule has 0 aromatic carbocycles. The van der Waals surface area contributed by atoms with Gasteiger partial charge in [0.25, 0.3) is 0 Å². The average Bonchev–Trinajstić information content (AvgIpc) is 3.37. The zero-order valence-corrected chi connectivity index (χ0v) is 13.5. The van der Waals surface area contributed by atoms with Gasteiger partial charge in [-0.3, -0.25) is 4.98 Å². The molecule has 3 heteroatoms. The number of nitrogens with zero attached hydrogens (tertiary/aromatic N) is 2. The quantitative estimate of drug-likeness (QED) is 0.864. The number of anilines is 1. The second-order valence-electron chi connectivity index (χ2n) is 6.85. The molecular formula is C18H29N3. The highest BCUT2D eigenvalue weighted by molar-refractivity contribution is 5.52. The number of nitrogens with one attached hydrogen (secondary N) is 1. The highest BCUT2D eigenvalue weighted by Gasteiger charge is 2.25. The van der Waals surface area contributed by atoms with Crippen LogP contribution in [0.15, 0.2) is 18.5 Å². The highest BCUT2D eigenvalue weighted by Crippen LogP contribution is 2.32. The van der Waals surface area contributed by atoms with Crippen molar-refractivity contribution in [2.75, 3.05) is 11.9 Å². The van der Waals surface area contributed by atoms with Crippen LogP contribution in [0.4, 0.5) is 5.69 Å².